The molecule has 5 heteroatoms. The van der Waals surface area contributed by atoms with Crippen LogP contribution in [0.4, 0.5) is 0 Å². The van der Waals surface area contributed by atoms with Gasteiger partial charge in [-0.15, -0.1) is 0 Å². The van der Waals surface area contributed by atoms with E-state index >= 15 is 0 Å². The Labute approximate surface area is 121 Å². The lowest BCUT2D eigenvalue weighted by atomic mass is 9.84. The normalized spacial score (nSPS) is 17.6. The fourth-order valence-corrected chi connectivity index (χ4v) is 2.88. The van der Waals surface area contributed by atoms with Gasteiger partial charge in [0.2, 0.25) is 5.91 Å². The van der Waals surface area contributed by atoms with Crippen molar-refractivity contribution < 1.29 is 14.7 Å². The largest absolute Gasteiger partial charge is 0.480 e. The molecule has 1 atom stereocenters. The van der Waals surface area contributed by atoms with E-state index < -0.39 is 12.0 Å². The molecule has 1 rings (SSSR count). The zero-order valence-electron chi connectivity index (χ0n) is 12.3. The second-order valence-electron chi connectivity index (χ2n) is 5.73. The smallest absolute Gasteiger partial charge is 0.326 e. The molecule has 1 aliphatic rings. The van der Waals surface area contributed by atoms with Crippen LogP contribution in [0.1, 0.15) is 64.2 Å². The third-order valence-corrected chi connectivity index (χ3v) is 4.06. The summed E-state index contributed by atoms with van der Waals surface area (Å²) in [6, 6.07) is -0.702. The van der Waals surface area contributed by atoms with Gasteiger partial charge in [0.1, 0.15) is 6.04 Å². The summed E-state index contributed by atoms with van der Waals surface area (Å²) in [5.41, 5.74) is 5.41. The number of rotatable bonds is 9. The van der Waals surface area contributed by atoms with Crippen molar-refractivity contribution in [2.45, 2.75) is 70.3 Å². The summed E-state index contributed by atoms with van der Waals surface area (Å²) in [4.78, 5) is 23.2. The van der Waals surface area contributed by atoms with Gasteiger partial charge >= 0.3 is 5.97 Å². The highest BCUT2D eigenvalue weighted by atomic mass is 16.4. The molecule has 0 aromatic carbocycles. The molecule has 0 heterocycles. The van der Waals surface area contributed by atoms with Gasteiger partial charge in [0.25, 0.3) is 0 Å². The van der Waals surface area contributed by atoms with Crippen LogP contribution in [0.2, 0.25) is 0 Å². The number of unbranched alkanes of at least 4 members (excludes halogenated alkanes) is 3. The van der Waals surface area contributed by atoms with Gasteiger partial charge in [0, 0.05) is 6.42 Å². The first-order valence-electron chi connectivity index (χ1n) is 7.87. The fraction of sp³-hybridized carbons (Fsp3) is 0.867. The molecule has 116 valence electrons. The van der Waals surface area contributed by atoms with Crippen LogP contribution in [0.25, 0.3) is 0 Å². The first-order valence-corrected chi connectivity index (χ1v) is 7.87. The molecule has 1 amide bonds. The molecule has 20 heavy (non-hydrogen) atoms. The number of nitrogens with two attached hydrogens (primary N) is 1. The van der Waals surface area contributed by atoms with Crippen LogP contribution in [0, 0.1) is 5.92 Å². The molecular formula is C15H28N2O3. The number of hydrogen-bond donors (Lipinski definition) is 3. The second kappa shape index (κ2) is 9.75. The predicted octanol–water partition coefficient (Wildman–Crippen LogP) is 2.05. The van der Waals surface area contributed by atoms with E-state index in [2.05, 4.69) is 5.32 Å². The third-order valence-electron chi connectivity index (χ3n) is 4.06. The molecule has 5 nitrogen and oxygen atoms in total. The summed E-state index contributed by atoms with van der Waals surface area (Å²) in [5.74, 6) is -0.924. The van der Waals surface area contributed by atoms with E-state index in [-0.39, 0.29) is 11.8 Å². The van der Waals surface area contributed by atoms with Gasteiger partial charge in [-0.2, -0.15) is 0 Å². The molecule has 0 aliphatic heterocycles. The van der Waals surface area contributed by atoms with Gasteiger partial charge in [-0.1, -0.05) is 32.1 Å². The molecule has 0 aromatic heterocycles. The Kier molecular flexibility index (Phi) is 8.26. The molecule has 1 fully saturated rings. The van der Waals surface area contributed by atoms with Crippen molar-refractivity contribution in [1.29, 1.82) is 0 Å². The molecule has 0 bridgehead atoms. The Hall–Kier alpha value is -1.10. The maximum atomic E-state index is 11.8. The number of hydrogen-bond acceptors (Lipinski definition) is 3. The maximum absolute atomic E-state index is 11.8. The lowest BCUT2D eigenvalue weighted by molar-refractivity contribution is -0.143. The van der Waals surface area contributed by atoms with Crippen LogP contribution < -0.4 is 11.1 Å². The Morgan fingerprint density at radius 3 is 2.35 bits per heavy atom. The summed E-state index contributed by atoms with van der Waals surface area (Å²) in [6.07, 6.45) is 9.37. The SMILES string of the molecule is NCCCCCCC(=O)NC(C(=O)O)C1CCCCC1. The van der Waals surface area contributed by atoms with Gasteiger partial charge in [0.05, 0.1) is 0 Å². The highest BCUT2D eigenvalue weighted by Crippen LogP contribution is 2.26. The van der Waals surface area contributed by atoms with E-state index in [0.717, 1.165) is 51.4 Å². The quantitative estimate of drug-likeness (QED) is 0.565. The highest BCUT2D eigenvalue weighted by molar-refractivity contribution is 5.83. The topological polar surface area (TPSA) is 92.4 Å². The van der Waals surface area contributed by atoms with E-state index in [1.165, 1.54) is 6.42 Å². The monoisotopic (exact) mass is 284 g/mol. The van der Waals surface area contributed by atoms with Crippen molar-refractivity contribution in [3.05, 3.63) is 0 Å². The zero-order chi connectivity index (χ0) is 14.8. The van der Waals surface area contributed by atoms with Crippen molar-refractivity contribution in [1.82, 2.24) is 5.32 Å². The van der Waals surface area contributed by atoms with E-state index in [1.807, 2.05) is 0 Å². The Morgan fingerprint density at radius 1 is 1.10 bits per heavy atom. The predicted molar refractivity (Wildman–Crippen MR) is 78.3 cm³/mol. The lowest BCUT2D eigenvalue weighted by Crippen LogP contribution is -2.46. The van der Waals surface area contributed by atoms with E-state index in [1.54, 1.807) is 0 Å². The molecular weight excluding hydrogens is 256 g/mol. The van der Waals surface area contributed by atoms with E-state index in [0.29, 0.717) is 13.0 Å². The minimum absolute atomic E-state index is 0.0995. The number of amides is 1. The van der Waals surface area contributed by atoms with Gasteiger partial charge in [-0.3, -0.25) is 4.79 Å². The van der Waals surface area contributed by atoms with Crippen LogP contribution >= 0.6 is 0 Å². The molecule has 0 spiro atoms. The maximum Gasteiger partial charge on any atom is 0.326 e. The number of carbonyl (C=O) groups excluding carboxylic acids is 1. The first-order chi connectivity index (χ1) is 9.65. The highest BCUT2D eigenvalue weighted by Gasteiger charge is 2.30. The van der Waals surface area contributed by atoms with Crippen LogP contribution in [-0.4, -0.2) is 29.6 Å². The number of carbonyl (C=O) groups is 2. The molecule has 0 aromatic rings. The van der Waals surface area contributed by atoms with Crippen molar-refractivity contribution in [3.63, 3.8) is 0 Å². The molecule has 0 radical (unpaired) electrons. The van der Waals surface area contributed by atoms with Crippen molar-refractivity contribution in [3.8, 4) is 0 Å². The average Bonchev–Trinajstić information content (AvgIpc) is 2.45. The van der Waals surface area contributed by atoms with Gasteiger partial charge in [-0.25, -0.2) is 4.79 Å². The Balaban J connectivity index is 2.29. The van der Waals surface area contributed by atoms with E-state index in [4.69, 9.17) is 5.73 Å². The summed E-state index contributed by atoms with van der Waals surface area (Å²) < 4.78 is 0. The first kappa shape index (κ1) is 17.0. The second-order valence-corrected chi connectivity index (χ2v) is 5.73. The van der Waals surface area contributed by atoms with Crippen LogP contribution in [-0.2, 0) is 9.59 Å². The Morgan fingerprint density at radius 2 is 1.75 bits per heavy atom. The van der Waals surface area contributed by atoms with Crippen molar-refractivity contribution in [2.75, 3.05) is 6.54 Å². The van der Waals surface area contributed by atoms with Gasteiger partial charge in [-0.05, 0) is 38.1 Å². The van der Waals surface area contributed by atoms with Crippen molar-refractivity contribution in [2.24, 2.45) is 11.7 Å². The summed E-state index contributed by atoms with van der Waals surface area (Å²) in [5, 5.41) is 12.0. The number of carboxylic acid groups (broad SMARTS) is 1. The number of nitrogens with one attached hydrogen (secondary N) is 1. The number of aliphatic carboxylic acids is 1. The minimum Gasteiger partial charge on any atom is -0.480 e. The fourth-order valence-electron chi connectivity index (χ4n) is 2.88. The molecule has 1 unspecified atom stereocenters. The van der Waals surface area contributed by atoms with Crippen LogP contribution in [0.5, 0.6) is 0 Å². The summed E-state index contributed by atoms with van der Waals surface area (Å²) >= 11 is 0. The van der Waals surface area contributed by atoms with Crippen molar-refractivity contribution >= 4 is 11.9 Å². The summed E-state index contributed by atoms with van der Waals surface area (Å²) in [7, 11) is 0. The average molecular weight is 284 g/mol. The molecule has 1 saturated carbocycles. The lowest BCUT2D eigenvalue weighted by Gasteiger charge is -2.28. The molecule has 4 N–H and O–H groups in total. The zero-order valence-corrected chi connectivity index (χ0v) is 12.3. The number of carboxylic acids is 1. The van der Waals surface area contributed by atoms with Gasteiger partial charge < -0.3 is 16.2 Å². The molecule has 1 aliphatic carbocycles. The van der Waals surface area contributed by atoms with E-state index in [9.17, 15) is 14.7 Å². The molecule has 0 saturated heterocycles. The minimum atomic E-state index is -0.895. The Bertz CT molecular complexity index is 301. The summed E-state index contributed by atoms with van der Waals surface area (Å²) in [6.45, 7) is 0.689. The third kappa shape index (κ3) is 6.37. The van der Waals surface area contributed by atoms with Gasteiger partial charge in [0.15, 0.2) is 0 Å². The van der Waals surface area contributed by atoms with Crippen LogP contribution in [0.15, 0.2) is 0 Å². The standard InChI is InChI=1S/C15H28N2O3/c16-11-7-2-1-6-10-13(18)17-14(15(19)20)12-8-4-3-5-9-12/h12,14H,1-11,16H2,(H,17,18)(H,19,20). The van der Waals surface area contributed by atoms with Crippen LogP contribution in [0.3, 0.4) is 0 Å².